The molecule has 1 fully saturated rings. The molecule has 0 unspecified atom stereocenters. The number of rotatable bonds is 9. The van der Waals surface area contributed by atoms with Gasteiger partial charge in [-0.25, -0.2) is 0 Å². The Balaban J connectivity index is 1.50. The molecule has 1 aliphatic heterocycles. The number of guanidine groups is 1. The second-order valence-electron chi connectivity index (χ2n) is 7.67. The molecule has 3 N–H and O–H groups in total. The molecule has 0 saturated carbocycles. The molecular formula is C23H34N4O2. The number of nitrogens with one attached hydrogen (secondary N) is 2. The van der Waals surface area contributed by atoms with E-state index in [-0.39, 0.29) is 12.6 Å². The topological polar surface area (TPSA) is 73.0 Å². The summed E-state index contributed by atoms with van der Waals surface area (Å²) < 4.78 is 5.39. The molecule has 3 rings (SSSR count). The summed E-state index contributed by atoms with van der Waals surface area (Å²) in [7, 11) is 0. The maximum atomic E-state index is 9.56. The number of piperidine rings is 1. The molecule has 1 atom stereocenters. The SMILES string of the molecule is CC[C@H](CO)NC(=NCCc1ccco1)NC1CCN(Cc2ccccc2)CC1. The molecule has 158 valence electrons. The Morgan fingerprint density at radius 2 is 2.00 bits per heavy atom. The average Bonchev–Trinajstić information content (AvgIpc) is 3.27. The summed E-state index contributed by atoms with van der Waals surface area (Å²) in [4.78, 5) is 7.24. The number of hydrogen-bond donors (Lipinski definition) is 3. The van der Waals surface area contributed by atoms with E-state index in [2.05, 4.69) is 52.8 Å². The second-order valence-corrected chi connectivity index (χ2v) is 7.67. The summed E-state index contributed by atoms with van der Waals surface area (Å²) in [6.45, 7) is 5.98. The molecule has 1 aliphatic rings. The Kier molecular flexibility index (Phi) is 8.58. The van der Waals surface area contributed by atoms with E-state index >= 15 is 0 Å². The standard InChI is InChI=1S/C23H34N4O2/c1-2-20(18-28)25-23(24-13-10-22-9-6-16-29-22)26-21-11-14-27(15-12-21)17-19-7-4-3-5-8-19/h3-9,16,20-21,28H,2,10-15,17-18H2,1H3,(H2,24,25,26)/t20-/m1/s1. The van der Waals surface area contributed by atoms with Crippen LogP contribution in [-0.4, -0.2) is 54.3 Å². The minimum atomic E-state index is 0.0167. The Bertz CT molecular complexity index is 706. The zero-order chi connectivity index (χ0) is 20.3. The fourth-order valence-corrected chi connectivity index (χ4v) is 3.61. The van der Waals surface area contributed by atoms with E-state index < -0.39 is 0 Å². The molecule has 0 amide bonds. The molecule has 6 heteroatoms. The van der Waals surface area contributed by atoms with E-state index in [0.29, 0.717) is 12.6 Å². The van der Waals surface area contributed by atoms with Crippen molar-refractivity contribution in [1.29, 1.82) is 0 Å². The summed E-state index contributed by atoms with van der Waals surface area (Å²) >= 11 is 0. The summed E-state index contributed by atoms with van der Waals surface area (Å²) in [5.74, 6) is 1.73. The fourth-order valence-electron chi connectivity index (χ4n) is 3.61. The summed E-state index contributed by atoms with van der Waals surface area (Å²) in [5.41, 5.74) is 1.37. The van der Waals surface area contributed by atoms with Crippen LogP contribution in [-0.2, 0) is 13.0 Å². The first kappa shape index (κ1) is 21.4. The van der Waals surface area contributed by atoms with E-state index in [9.17, 15) is 5.11 Å². The van der Waals surface area contributed by atoms with Crippen LogP contribution in [0.15, 0.2) is 58.1 Å². The Labute approximate surface area is 174 Å². The number of aliphatic hydroxyl groups excluding tert-OH is 1. The number of hydrogen-bond acceptors (Lipinski definition) is 4. The molecule has 0 radical (unpaired) electrons. The highest BCUT2D eigenvalue weighted by Crippen LogP contribution is 2.14. The summed E-state index contributed by atoms with van der Waals surface area (Å²) in [5, 5.41) is 16.5. The first-order valence-electron chi connectivity index (χ1n) is 10.7. The molecule has 0 bridgehead atoms. The molecular weight excluding hydrogens is 364 g/mol. The average molecular weight is 399 g/mol. The maximum absolute atomic E-state index is 9.56. The minimum absolute atomic E-state index is 0.0167. The third kappa shape index (κ3) is 7.22. The van der Waals surface area contributed by atoms with Crippen LogP contribution in [0.2, 0.25) is 0 Å². The zero-order valence-electron chi connectivity index (χ0n) is 17.4. The van der Waals surface area contributed by atoms with Gasteiger partial charge in [-0.3, -0.25) is 9.89 Å². The molecule has 0 spiro atoms. The van der Waals surface area contributed by atoms with Crippen molar-refractivity contribution in [3.63, 3.8) is 0 Å². The van der Waals surface area contributed by atoms with Gasteiger partial charge in [-0.2, -0.15) is 0 Å². The number of likely N-dealkylation sites (tertiary alicyclic amines) is 1. The lowest BCUT2D eigenvalue weighted by Gasteiger charge is -2.33. The van der Waals surface area contributed by atoms with Crippen LogP contribution >= 0.6 is 0 Å². The Morgan fingerprint density at radius 1 is 1.21 bits per heavy atom. The van der Waals surface area contributed by atoms with Gasteiger partial charge in [-0.05, 0) is 37.0 Å². The lowest BCUT2D eigenvalue weighted by molar-refractivity contribution is 0.197. The van der Waals surface area contributed by atoms with Crippen molar-refractivity contribution in [1.82, 2.24) is 15.5 Å². The van der Waals surface area contributed by atoms with E-state index in [1.54, 1.807) is 6.26 Å². The van der Waals surface area contributed by atoms with Gasteiger partial charge in [0.25, 0.3) is 0 Å². The molecule has 1 saturated heterocycles. The van der Waals surface area contributed by atoms with Crippen molar-refractivity contribution in [2.24, 2.45) is 4.99 Å². The molecule has 29 heavy (non-hydrogen) atoms. The highest BCUT2D eigenvalue weighted by molar-refractivity contribution is 5.80. The molecule has 2 heterocycles. The monoisotopic (exact) mass is 398 g/mol. The van der Waals surface area contributed by atoms with Gasteiger partial charge < -0.3 is 20.2 Å². The van der Waals surface area contributed by atoms with Crippen LogP contribution < -0.4 is 10.6 Å². The molecule has 2 aromatic rings. The number of nitrogens with zero attached hydrogens (tertiary/aromatic N) is 2. The lowest BCUT2D eigenvalue weighted by Crippen LogP contribution is -2.51. The van der Waals surface area contributed by atoms with E-state index in [4.69, 9.17) is 9.41 Å². The number of benzene rings is 1. The normalized spacial score (nSPS) is 17.2. The van der Waals surface area contributed by atoms with E-state index in [1.165, 1.54) is 5.56 Å². The van der Waals surface area contributed by atoms with Gasteiger partial charge in [-0.1, -0.05) is 37.3 Å². The Hall–Kier alpha value is -2.31. The van der Waals surface area contributed by atoms with Crippen molar-refractivity contribution in [2.45, 2.75) is 51.2 Å². The van der Waals surface area contributed by atoms with Gasteiger partial charge >= 0.3 is 0 Å². The molecule has 6 nitrogen and oxygen atoms in total. The van der Waals surface area contributed by atoms with Crippen molar-refractivity contribution in [3.8, 4) is 0 Å². The Morgan fingerprint density at radius 3 is 2.66 bits per heavy atom. The van der Waals surface area contributed by atoms with Crippen molar-refractivity contribution < 1.29 is 9.52 Å². The van der Waals surface area contributed by atoms with Gasteiger partial charge in [0.05, 0.1) is 18.9 Å². The smallest absolute Gasteiger partial charge is 0.191 e. The third-order valence-electron chi connectivity index (χ3n) is 5.44. The van der Waals surface area contributed by atoms with Gasteiger partial charge in [-0.15, -0.1) is 0 Å². The van der Waals surface area contributed by atoms with Crippen LogP contribution in [0.1, 0.15) is 37.5 Å². The predicted octanol–water partition coefficient (Wildman–Crippen LogP) is 2.79. The van der Waals surface area contributed by atoms with Crippen molar-refractivity contribution in [2.75, 3.05) is 26.2 Å². The van der Waals surface area contributed by atoms with Gasteiger partial charge in [0, 0.05) is 38.6 Å². The van der Waals surface area contributed by atoms with E-state index in [1.807, 2.05) is 12.1 Å². The highest BCUT2D eigenvalue weighted by Gasteiger charge is 2.21. The lowest BCUT2D eigenvalue weighted by atomic mass is 10.0. The van der Waals surface area contributed by atoms with Crippen LogP contribution in [0, 0.1) is 0 Å². The van der Waals surface area contributed by atoms with E-state index in [0.717, 1.165) is 57.0 Å². The van der Waals surface area contributed by atoms with Crippen LogP contribution in [0.3, 0.4) is 0 Å². The largest absolute Gasteiger partial charge is 0.469 e. The van der Waals surface area contributed by atoms with Gasteiger partial charge in [0.1, 0.15) is 5.76 Å². The van der Waals surface area contributed by atoms with Crippen LogP contribution in [0.25, 0.3) is 0 Å². The predicted molar refractivity (Wildman–Crippen MR) is 117 cm³/mol. The third-order valence-corrected chi connectivity index (χ3v) is 5.44. The molecule has 1 aromatic heterocycles. The first-order valence-corrected chi connectivity index (χ1v) is 10.7. The highest BCUT2D eigenvalue weighted by atomic mass is 16.3. The quantitative estimate of drug-likeness (QED) is 0.447. The molecule has 1 aromatic carbocycles. The minimum Gasteiger partial charge on any atom is -0.469 e. The van der Waals surface area contributed by atoms with Gasteiger partial charge in [0.15, 0.2) is 5.96 Å². The first-order chi connectivity index (χ1) is 14.3. The van der Waals surface area contributed by atoms with Gasteiger partial charge in [0.2, 0.25) is 0 Å². The number of furan rings is 1. The number of aliphatic imine (C=N–C) groups is 1. The van der Waals surface area contributed by atoms with Crippen LogP contribution in [0.4, 0.5) is 0 Å². The van der Waals surface area contributed by atoms with Crippen molar-refractivity contribution in [3.05, 3.63) is 60.1 Å². The summed E-state index contributed by atoms with van der Waals surface area (Å²) in [6.07, 6.45) is 5.48. The fraction of sp³-hybridized carbons (Fsp3) is 0.522. The number of aliphatic hydroxyl groups is 1. The van der Waals surface area contributed by atoms with Crippen LogP contribution in [0.5, 0.6) is 0 Å². The maximum Gasteiger partial charge on any atom is 0.191 e. The zero-order valence-corrected chi connectivity index (χ0v) is 17.4. The second kappa shape index (κ2) is 11.6. The van der Waals surface area contributed by atoms with Crippen molar-refractivity contribution >= 4 is 5.96 Å². The molecule has 0 aliphatic carbocycles. The summed E-state index contributed by atoms with van der Waals surface area (Å²) in [6, 6.07) is 14.9.